The van der Waals surface area contributed by atoms with Crippen molar-refractivity contribution in [1.29, 1.82) is 0 Å². The molecule has 0 bridgehead atoms. The van der Waals surface area contributed by atoms with Gasteiger partial charge < -0.3 is 30.7 Å². The Morgan fingerprint density at radius 2 is 1.98 bits per heavy atom. The normalized spacial score (nSPS) is 23.1. The van der Waals surface area contributed by atoms with Gasteiger partial charge in [-0.3, -0.25) is 4.68 Å². The lowest BCUT2D eigenvalue weighted by atomic mass is 9.93. The summed E-state index contributed by atoms with van der Waals surface area (Å²) in [6.07, 6.45) is 2.72. The number of anilines is 2. The Balaban J connectivity index is 1.11. The molecular weight excluding hydrogens is 512 g/mol. The maximum Gasteiger partial charge on any atom is 0.152 e. The molecule has 4 aromatic heterocycles. The smallest absolute Gasteiger partial charge is 0.152 e. The summed E-state index contributed by atoms with van der Waals surface area (Å²) in [5.41, 5.74) is 9.48. The molecule has 1 saturated heterocycles. The first-order valence-electron chi connectivity index (χ1n) is 13.4. The third-order valence-electron chi connectivity index (χ3n) is 7.79. The van der Waals surface area contributed by atoms with Crippen LogP contribution in [0.1, 0.15) is 31.1 Å². The fourth-order valence-corrected chi connectivity index (χ4v) is 5.39. The van der Waals surface area contributed by atoms with E-state index >= 15 is 0 Å². The number of fused-ring (bicyclic) bond motifs is 2. The van der Waals surface area contributed by atoms with Gasteiger partial charge in [0.15, 0.2) is 5.82 Å². The molecule has 12 nitrogen and oxygen atoms in total. The summed E-state index contributed by atoms with van der Waals surface area (Å²) in [5.74, 6) is 1.72. The fraction of sp³-hybridized carbons (Fsp3) is 0.357. The van der Waals surface area contributed by atoms with Crippen molar-refractivity contribution in [2.45, 2.75) is 49.7 Å². The van der Waals surface area contributed by atoms with Crippen LogP contribution in [0.4, 0.5) is 11.6 Å². The maximum absolute atomic E-state index is 11.0. The summed E-state index contributed by atoms with van der Waals surface area (Å²) in [4.78, 5) is 8.87. The van der Waals surface area contributed by atoms with E-state index in [1.807, 2.05) is 55.7 Å². The van der Waals surface area contributed by atoms with Crippen molar-refractivity contribution in [1.82, 2.24) is 29.4 Å². The monoisotopic (exact) mass is 542 g/mol. The van der Waals surface area contributed by atoms with Crippen molar-refractivity contribution in [3.05, 3.63) is 60.7 Å². The molecule has 0 unspecified atom stereocenters. The number of aryl methyl sites for hydroxylation is 1. The van der Waals surface area contributed by atoms with Gasteiger partial charge in [-0.2, -0.15) is 10.2 Å². The maximum atomic E-state index is 11.0. The quantitative estimate of drug-likeness (QED) is 0.241. The molecule has 1 aliphatic heterocycles. The summed E-state index contributed by atoms with van der Waals surface area (Å²) in [5, 5.41) is 35.2. The molecule has 1 aliphatic carbocycles. The van der Waals surface area contributed by atoms with Crippen molar-refractivity contribution in [2.24, 2.45) is 7.05 Å². The third-order valence-corrected chi connectivity index (χ3v) is 7.79. The van der Waals surface area contributed by atoms with E-state index in [1.165, 1.54) is 25.6 Å². The highest BCUT2D eigenvalue weighted by molar-refractivity contribution is 5.87. The highest BCUT2D eigenvalue weighted by Crippen LogP contribution is 2.39. The largest absolute Gasteiger partial charge is 0.491 e. The van der Waals surface area contributed by atoms with E-state index in [4.69, 9.17) is 20.2 Å². The minimum Gasteiger partial charge on any atom is -0.491 e. The Morgan fingerprint density at radius 3 is 2.75 bits per heavy atom. The van der Waals surface area contributed by atoms with E-state index in [1.54, 1.807) is 9.20 Å². The lowest BCUT2D eigenvalue weighted by molar-refractivity contribution is -0.0187. The molecule has 1 saturated carbocycles. The molecule has 0 amide bonds. The van der Waals surface area contributed by atoms with E-state index in [0.717, 1.165) is 16.7 Å². The van der Waals surface area contributed by atoms with E-state index in [-0.39, 0.29) is 12.4 Å². The van der Waals surface area contributed by atoms with Crippen LogP contribution in [0.3, 0.4) is 0 Å². The molecule has 40 heavy (non-hydrogen) atoms. The van der Waals surface area contributed by atoms with Gasteiger partial charge in [0.05, 0.1) is 16.9 Å². The van der Waals surface area contributed by atoms with Crippen molar-refractivity contribution in [3.8, 4) is 17.0 Å². The molecule has 5 N–H and O–H groups in total. The van der Waals surface area contributed by atoms with Gasteiger partial charge in [0.2, 0.25) is 0 Å². The van der Waals surface area contributed by atoms with E-state index in [2.05, 4.69) is 20.5 Å². The Morgan fingerprint density at radius 1 is 1.12 bits per heavy atom. The number of aromatic nitrogens is 6. The van der Waals surface area contributed by atoms with Crippen molar-refractivity contribution in [3.63, 3.8) is 0 Å². The molecule has 2 fully saturated rings. The highest BCUT2D eigenvalue weighted by Gasteiger charge is 2.45. The summed E-state index contributed by atoms with van der Waals surface area (Å²) >= 11 is 0. The van der Waals surface area contributed by atoms with Gasteiger partial charge in [0.25, 0.3) is 0 Å². The molecule has 0 radical (unpaired) electrons. The van der Waals surface area contributed by atoms with E-state index in [0.29, 0.717) is 34.3 Å². The van der Waals surface area contributed by atoms with Crippen molar-refractivity contribution >= 4 is 28.1 Å². The average molecular weight is 543 g/mol. The number of benzene rings is 1. The molecule has 12 heteroatoms. The fourth-order valence-electron chi connectivity index (χ4n) is 5.39. The van der Waals surface area contributed by atoms with Gasteiger partial charge >= 0.3 is 0 Å². The molecule has 5 aromatic rings. The molecule has 7 rings (SSSR count). The second-order valence-electron chi connectivity index (χ2n) is 10.5. The van der Waals surface area contributed by atoms with Crippen LogP contribution in [0.2, 0.25) is 0 Å². The highest BCUT2D eigenvalue weighted by atomic mass is 16.6. The Bertz CT molecular complexity index is 1700. The number of nitrogens with zero attached hydrogens (tertiary/aromatic N) is 6. The van der Waals surface area contributed by atoms with Gasteiger partial charge in [-0.1, -0.05) is 0 Å². The molecule has 1 aromatic carbocycles. The standard InChI is InChI=1S/C28H30N8O4/c1-35-10-9-19(34-35)18-12-21(36-24(18)28(29)30-14-31-36)27-26(38)25(37)22(40-27)13-39-17-7-5-15-6-8-23(33-20(15)11-17)32-16-3-2-4-16/h5-12,14,16,22,25-27,37-38H,2-4,13H2,1H3,(H,32,33)(H2,29,30,31)/t22-,25-,26-,27+/m1/s1. The van der Waals surface area contributed by atoms with Crippen LogP contribution in [-0.2, 0) is 11.8 Å². The van der Waals surface area contributed by atoms with Crippen LogP contribution in [0.15, 0.2) is 55.0 Å². The molecule has 5 heterocycles. The molecule has 0 spiro atoms. The van der Waals surface area contributed by atoms with Gasteiger partial charge in [0.1, 0.15) is 54.4 Å². The zero-order valence-corrected chi connectivity index (χ0v) is 21.9. The number of pyridine rings is 1. The lowest BCUT2D eigenvalue weighted by Gasteiger charge is -2.26. The van der Waals surface area contributed by atoms with Crippen molar-refractivity contribution < 1.29 is 19.7 Å². The second-order valence-corrected chi connectivity index (χ2v) is 10.5. The number of nitrogen functional groups attached to an aromatic ring is 1. The van der Waals surface area contributed by atoms with Gasteiger partial charge in [0, 0.05) is 36.3 Å². The van der Waals surface area contributed by atoms with Gasteiger partial charge in [-0.05, 0) is 55.7 Å². The number of rotatable bonds is 7. The van der Waals surface area contributed by atoms with E-state index < -0.39 is 24.4 Å². The number of hydrogen-bond donors (Lipinski definition) is 4. The zero-order chi connectivity index (χ0) is 27.4. The van der Waals surface area contributed by atoms with Crippen LogP contribution < -0.4 is 15.8 Å². The topological polar surface area (TPSA) is 158 Å². The van der Waals surface area contributed by atoms with Gasteiger partial charge in [-0.15, -0.1) is 0 Å². The minimum absolute atomic E-state index is 0.0355. The number of nitrogens with two attached hydrogens (primary N) is 1. The van der Waals surface area contributed by atoms with Gasteiger partial charge in [-0.25, -0.2) is 14.5 Å². The number of aliphatic hydroxyl groups is 2. The Hall–Kier alpha value is -4.26. The summed E-state index contributed by atoms with van der Waals surface area (Å²) in [6.45, 7) is 0.0355. The van der Waals surface area contributed by atoms with Crippen molar-refractivity contribution in [2.75, 3.05) is 17.7 Å². The molecular formula is C28H30N8O4. The van der Waals surface area contributed by atoms with E-state index in [9.17, 15) is 10.2 Å². The first kappa shape index (κ1) is 24.8. The molecule has 2 aliphatic rings. The summed E-state index contributed by atoms with van der Waals surface area (Å²) < 4.78 is 15.5. The number of ether oxygens (including phenoxy) is 2. The summed E-state index contributed by atoms with van der Waals surface area (Å²) in [7, 11) is 1.82. The number of aliphatic hydroxyl groups excluding tert-OH is 2. The molecule has 206 valence electrons. The molecule has 4 atom stereocenters. The lowest BCUT2D eigenvalue weighted by Crippen LogP contribution is -2.34. The predicted molar refractivity (Wildman–Crippen MR) is 148 cm³/mol. The van der Waals surface area contributed by atoms with Crippen LogP contribution >= 0.6 is 0 Å². The van der Waals surface area contributed by atoms with Crippen LogP contribution in [0.5, 0.6) is 5.75 Å². The SMILES string of the molecule is Cn1ccc(-c2cc([C@@H]3O[C@H](COc4ccc5ccc(NC6CCC6)nc5c4)[C@@H](O)[C@H]3O)n3ncnc(N)c23)n1. The number of hydrogen-bond acceptors (Lipinski definition) is 10. The predicted octanol–water partition coefficient (Wildman–Crippen LogP) is 2.47. The second kappa shape index (κ2) is 9.73. The third kappa shape index (κ3) is 4.30. The summed E-state index contributed by atoms with van der Waals surface area (Å²) in [6, 6.07) is 13.9. The minimum atomic E-state index is -1.21. The van der Waals surface area contributed by atoms with Crippen LogP contribution in [-0.4, -0.2) is 70.5 Å². The average Bonchev–Trinajstić information content (AvgIpc) is 3.61. The zero-order valence-electron chi connectivity index (χ0n) is 21.9. The Labute approximate surface area is 229 Å². The number of nitrogens with one attached hydrogen (secondary N) is 1. The van der Waals surface area contributed by atoms with Crippen LogP contribution in [0.25, 0.3) is 27.7 Å². The Kier molecular flexibility index (Phi) is 6.02. The van der Waals surface area contributed by atoms with Crippen LogP contribution in [0, 0.1) is 0 Å². The first-order valence-corrected chi connectivity index (χ1v) is 13.4. The first-order chi connectivity index (χ1) is 19.4.